The largest absolute Gasteiger partial charge is 0.333 e. The number of nitrogens with one attached hydrogen (secondary N) is 2. The first-order valence-corrected chi connectivity index (χ1v) is 14.1. The molecular formula is C25H13Cl3F2N8O2S. The predicted molar refractivity (Wildman–Crippen MR) is 152 cm³/mol. The lowest BCUT2D eigenvalue weighted by atomic mass is 10.2. The van der Waals surface area contributed by atoms with E-state index >= 15 is 4.39 Å². The monoisotopic (exact) mass is 632 g/mol. The van der Waals surface area contributed by atoms with Gasteiger partial charge in [-0.1, -0.05) is 40.9 Å². The van der Waals surface area contributed by atoms with Crippen molar-refractivity contribution < 1.29 is 17.2 Å². The fraction of sp³-hybridized carbons (Fsp3) is 0. The minimum absolute atomic E-state index is 0.0120. The molecule has 0 amide bonds. The van der Waals surface area contributed by atoms with Gasteiger partial charge in [0.05, 0.1) is 38.0 Å². The van der Waals surface area contributed by atoms with Crippen molar-refractivity contribution in [1.29, 1.82) is 0 Å². The number of halogens is 5. The van der Waals surface area contributed by atoms with Gasteiger partial charge in [-0.2, -0.15) is 0 Å². The zero-order valence-corrected chi connectivity index (χ0v) is 23.2. The topological polar surface area (TPSA) is 128 Å². The Hall–Kier alpha value is -4.17. The van der Waals surface area contributed by atoms with E-state index in [0.717, 1.165) is 12.1 Å². The molecule has 0 aliphatic carbocycles. The third-order valence-corrected chi connectivity index (χ3v) is 8.53. The Morgan fingerprint density at radius 1 is 0.878 bits per heavy atom. The van der Waals surface area contributed by atoms with Crippen molar-refractivity contribution in [2.75, 3.05) is 10.0 Å². The van der Waals surface area contributed by atoms with Crippen molar-refractivity contribution in [3.63, 3.8) is 0 Å². The number of fused-ring (bicyclic) bond motifs is 2. The second kappa shape index (κ2) is 10.3. The smallest absolute Gasteiger partial charge is 0.263 e. The number of anilines is 3. The summed E-state index contributed by atoms with van der Waals surface area (Å²) in [4.78, 5) is 20.8. The number of pyridine rings is 2. The van der Waals surface area contributed by atoms with Gasteiger partial charge in [-0.05, 0) is 36.4 Å². The molecule has 2 N–H and O–H groups in total. The molecule has 0 bridgehead atoms. The van der Waals surface area contributed by atoms with Gasteiger partial charge >= 0.3 is 0 Å². The summed E-state index contributed by atoms with van der Waals surface area (Å²) in [6.45, 7) is 0. The molecule has 4 aromatic heterocycles. The highest BCUT2D eigenvalue weighted by Gasteiger charge is 2.24. The molecule has 16 heteroatoms. The molecule has 6 aromatic rings. The van der Waals surface area contributed by atoms with Crippen molar-refractivity contribution in [2.45, 2.75) is 4.90 Å². The molecular weight excluding hydrogens is 621 g/mol. The Morgan fingerprint density at radius 3 is 2.54 bits per heavy atom. The molecule has 2 aromatic carbocycles. The molecule has 0 unspecified atom stereocenters. The summed E-state index contributed by atoms with van der Waals surface area (Å²) < 4.78 is 60.0. The Labute approximate surface area is 245 Å². The van der Waals surface area contributed by atoms with Crippen LogP contribution in [0.5, 0.6) is 0 Å². The lowest BCUT2D eigenvalue weighted by molar-refractivity contribution is 0.588. The van der Waals surface area contributed by atoms with E-state index in [2.05, 4.69) is 35.0 Å². The Morgan fingerprint density at radius 2 is 1.71 bits per heavy atom. The highest BCUT2D eigenvalue weighted by Crippen LogP contribution is 2.34. The number of rotatable bonds is 6. The highest BCUT2D eigenvalue weighted by molar-refractivity contribution is 7.92. The molecule has 41 heavy (non-hydrogen) atoms. The molecule has 0 radical (unpaired) electrons. The molecule has 0 atom stereocenters. The van der Waals surface area contributed by atoms with Gasteiger partial charge in [0.2, 0.25) is 0 Å². The molecule has 10 nitrogen and oxygen atoms in total. The zero-order valence-electron chi connectivity index (χ0n) is 20.1. The van der Waals surface area contributed by atoms with Gasteiger partial charge < -0.3 is 5.32 Å². The maximum Gasteiger partial charge on any atom is 0.263 e. The van der Waals surface area contributed by atoms with E-state index in [-0.39, 0.29) is 26.3 Å². The molecule has 0 saturated heterocycles. The van der Waals surface area contributed by atoms with Gasteiger partial charge in [-0.3, -0.25) is 14.3 Å². The van der Waals surface area contributed by atoms with Crippen LogP contribution in [-0.4, -0.2) is 37.9 Å². The van der Waals surface area contributed by atoms with Crippen molar-refractivity contribution in [1.82, 2.24) is 29.5 Å². The normalized spacial score (nSPS) is 11.7. The zero-order chi connectivity index (χ0) is 28.9. The minimum atomic E-state index is -4.40. The van der Waals surface area contributed by atoms with Crippen LogP contribution in [-0.2, 0) is 10.0 Å². The number of nitrogens with zero attached hydrogens (tertiary/aromatic N) is 6. The summed E-state index contributed by atoms with van der Waals surface area (Å²) in [5.74, 6) is -1.93. The SMILES string of the molecule is O=S(=O)(Nc1ccc(F)c(Nc2ncnc3ccc(-n4cnc5c(Cl)cncc54)nc23)c1F)c1cccc(Cl)c1Cl. The summed E-state index contributed by atoms with van der Waals surface area (Å²) >= 11 is 18.2. The minimum Gasteiger partial charge on any atom is -0.333 e. The highest BCUT2D eigenvalue weighted by atomic mass is 35.5. The van der Waals surface area contributed by atoms with Crippen LogP contribution in [0.2, 0.25) is 15.1 Å². The van der Waals surface area contributed by atoms with Crippen LogP contribution in [0.15, 0.2) is 72.4 Å². The van der Waals surface area contributed by atoms with Crippen LogP contribution in [0, 0.1) is 11.6 Å². The standard InChI is InChI=1S/C25H13Cl3F2N8O2S/c26-12-2-1-3-18(20(12)28)41(39,40)37-15-5-4-14(29)23(21(15)30)36-25-24-16(32-10-33-25)6-7-19(35-24)38-11-34-22-13(27)8-31-9-17(22)38/h1-11,37H,(H,32,33,36). The lowest BCUT2D eigenvalue weighted by Crippen LogP contribution is -2.15. The van der Waals surface area contributed by atoms with E-state index < -0.39 is 33.0 Å². The third kappa shape index (κ3) is 4.86. The summed E-state index contributed by atoms with van der Waals surface area (Å²) in [5, 5.41) is 2.68. The molecule has 206 valence electrons. The van der Waals surface area contributed by atoms with Crippen LogP contribution in [0.25, 0.3) is 27.9 Å². The molecule has 0 aliphatic rings. The van der Waals surface area contributed by atoms with Gasteiger partial charge in [0.1, 0.15) is 45.9 Å². The summed E-state index contributed by atoms with van der Waals surface area (Å²) in [6, 6.07) is 9.09. The Balaban J connectivity index is 1.40. The summed E-state index contributed by atoms with van der Waals surface area (Å²) in [5.41, 5.74) is 0.378. The molecule has 0 fully saturated rings. The number of hydrogen-bond donors (Lipinski definition) is 2. The molecule has 0 spiro atoms. The number of benzene rings is 2. The number of hydrogen-bond acceptors (Lipinski definition) is 8. The Kier molecular flexibility index (Phi) is 6.82. The molecule has 4 heterocycles. The van der Waals surface area contributed by atoms with Crippen LogP contribution in [0.3, 0.4) is 0 Å². The summed E-state index contributed by atoms with van der Waals surface area (Å²) in [7, 11) is -4.40. The average Bonchev–Trinajstić information content (AvgIpc) is 3.39. The van der Waals surface area contributed by atoms with Gasteiger partial charge in [-0.25, -0.2) is 37.1 Å². The van der Waals surface area contributed by atoms with Crippen LogP contribution >= 0.6 is 34.8 Å². The second-order valence-electron chi connectivity index (χ2n) is 8.43. The average molecular weight is 634 g/mol. The van der Waals surface area contributed by atoms with E-state index in [1.54, 1.807) is 22.9 Å². The second-order valence-corrected chi connectivity index (χ2v) is 11.3. The number of sulfonamides is 1. The van der Waals surface area contributed by atoms with Gasteiger partial charge in [-0.15, -0.1) is 0 Å². The Bertz CT molecular complexity index is 2110. The fourth-order valence-corrected chi connectivity index (χ4v) is 6.02. The van der Waals surface area contributed by atoms with E-state index in [0.29, 0.717) is 27.4 Å². The van der Waals surface area contributed by atoms with Crippen LogP contribution in [0.4, 0.5) is 26.0 Å². The first-order chi connectivity index (χ1) is 19.6. The quantitative estimate of drug-likeness (QED) is 0.212. The first kappa shape index (κ1) is 27.0. The van der Waals surface area contributed by atoms with Crippen molar-refractivity contribution in [2.24, 2.45) is 0 Å². The third-order valence-electron chi connectivity index (χ3n) is 5.91. The van der Waals surface area contributed by atoms with Crippen molar-refractivity contribution in [3.05, 3.63) is 94.2 Å². The lowest BCUT2D eigenvalue weighted by Gasteiger charge is -2.15. The van der Waals surface area contributed by atoms with E-state index in [9.17, 15) is 12.8 Å². The van der Waals surface area contributed by atoms with Crippen molar-refractivity contribution >= 4 is 84.1 Å². The van der Waals surface area contributed by atoms with Gasteiger partial charge in [0.25, 0.3) is 10.0 Å². The number of aromatic nitrogens is 6. The molecule has 0 saturated carbocycles. The van der Waals surface area contributed by atoms with Gasteiger partial charge in [0, 0.05) is 6.20 Å². The van der Waals surface area contributed by atoms with E-state index in [1.807, 2.05) is 0 Å². The molecule has 6 rings (SSSR count). The summed E-state index contributed by atoms with van der Waals surface area (Å²) in [6.07, 6.45) is 5.72. The number of imidazole rings is 1. The molecule has 0 aliphatic heterocycles. The van der Waals surface area contributed by atoms with Crippen LogP contribution in [0.1, 0.15) is 0 Å². The van der Waals surface area contributed by atoms with E-state index in [1.165, 1.54) is 37.1 Å². The predicted octanol–water partition coefficient (Wildman–Crippen LogP) is 6.54. The van der Waals surface area contributed by atoms with Crippen LogP contribution < -0.4 is 10.0 Å². The van der Waals surface area contributed by atoms with Gasteiger partial charge in [0.15, 0.2) is 11.6 Å². The van der Waals surface area contributed by atoms with Crippen molar-refractivity contribution in [3.8, 4) is 5.82 Å². The maximum atomic E-state index is 15.6. The fourth-order valence-electron chi connectivity index (χ4n) is 3.99. The maximum absolute atomic E-state index is 15.6. The first-order valence-electron chi connectivity index (χ1n) is 11.4. The van der Waals surface area contributed by atoms with E-state index in [4.69, 9.17) is 34.8 Å².